The number of anilines is 2. The summed E-state index contributed by atoms with van der Waals surface area (Å²) in [7, 11) is 1.75. The van der Waals surface area contributed by atoms with E-state index in [9.17, 15) is 9.59 Å². The summed E-state index contributed by atoms with van der Waals surface area (Å²) in [4.78, 5) is 26.2. The molecule has 0 atom stereocenters. The van der Waals surface area contributed by atoms with Crippen LogP contribution in [0.3, 0.4) is 0 Å². The number of rotatable bonds is 5. The Kier molecular flexibility index (Phi) is 6.21. The number of carbonyl (C=O) groups excluding carboxylic acids is 2. The quantitative estimate of drug-likeness (QED) is 0.845. The van der Waals surface area contributed by atoms with Gasteiger partial charge in [0.1, 0.15) is 0 Å². The second-order valence-corrected chi connectivity index (χ2v) is 6.64. The number of para-hydroxylation sites is 1. The van der Waals surface area contributed by atoms with Gasteiger partial charge in [0, 0.05) is 25.6 Å². The molecule has 1 N–H and O–H groups in total. The summed E-state index contributed by atoms with van der Waals surface area (Å²) in [5, 5.41) is 3.21. The number of halogens is 1. The Labute approximate surface area is 153 Å². The third kappa shape index (κ3) is 4.83. The minimum absolute atomic E-state index is 0.0932. The van der Waals surface area contributed by atoms with E-state index in [1.54, 1.807) is 36.2 Å². The first-order valence-electron chi connectivity index (χ1n) is 8.18. The fourth-order valence-corrected chi connectivity index (χ4v) is 3.17. The number of amides is 2. The number of benzene rings is 2. The van der Waals surface area contributed by atoms with Crippen LogP contribution in [0.5, 0.6) is 0 Å². The molecule has 25 heavy (non-hydrogen) atoms. The molecule has 0 saturated carbocycles. The second-order valence-electron chi connectivity index (χ2n) is 6.23. The largest absolute Gasteiger partial charge is 0.325 e. The van der Waals surface area contributed by atoms with Crippen LogP contribution in [0, 0.1) is 20.8 Å². The Balaban J connectivity index is 1.98. The van der Waals surface area contributed by atoms with Crippen molar-refractivity contribution in [3.05, 3.63) is 58.1 Å². The average molecular weight is 359 g/mol. The number of aryl methyl sites for hydroxylation is 3. The van der Waals surface area contributed by atoms with Crippen LogP contribution >= 0.6 is 11.6 Å². The van der Waals surface area contributed by atoms with Gasteiger partial charge in [0.2, 0.25) is 11.8 Å². The van der Waals surface area contributed by atoms with E-state index < -0.39 is 0 Å². The summed E-state index contributed by atoms with van der Waals surface area (Å²) >= 11 is 6.02. The number of nitrogens with one attached hydrogen (secondary N) is 1. The van der Waals surface area contributed by atoms with Crippen molar-refractivity contribution in [2.24, 2.45) is 0 Å². The molecule has 4 nitrogen and oxygen atoms in total. The molecule has 0 fully saturated rings. The van der Waals surface area contributed by atoms with Crippen LogP contribution in [0.2, 0.25) is 5.02 Å². The normalized spacial score (nSPS) is 10.4. The van der Waals surface area contributed by atoms with Crippen molar-refractivity contribution in [1.82, 2.24) is 0 Å². The molecule has 0 unspecified atom stereocenters. The van der Waals surface area contributed by atoms with Crippen LogP contribution in [-0.2, 0) is 9.59 Å². The highest BCUT2D eigenvalue weighted by Gasteiger charge is 2.17. The number of hydrogen-bond donors (Lipinski definition) is 1. The molecule has 0 aromatic heterocycles. The monoisotopic (exact) mass is 358 g/mol. The third-order valence-electron chi connectivity index (χ3n) is 4.06. The molecule has 0 bridgehead atoms. The zero-order valence-corrected chi connectivity index (χ0v) is 15.8. The minimum atomic E-state index is -0.229. The van der Waals surface area contributed by atoms with Crippen LogP contribution < -0.4 is 10.2 Å². The summed E-state index contributed by atoms with van der Waals surface area (Å²) in [6.07, 6.45) is 0.248. The van der Waals surface area contributed by atoms with E-state index in [0.717, 1.165) is 16.8 Å². The van der Waals surface area contributed by atoms with Crippen molar-refractivity contribution in [1.29, 1.82) is 0 Å². The van der Waals surface area contributed by atoms with Crippen molar-refractivity contribution in [3.8, 4) is 0 Å². The molecule has 2 aromatic rings. The van der Waals surface area contributed by atoms with Crippen LogP contribution in [-0.4, -0.2) is 18.9 Å². The molecule has 0 aliphatic heterocycles. The molecule has 0 aliphatic carbocycles. The molecular weight excluding hydrogens is 336 g/mol. The van der Waals surface area contributed by atoms with Crippen LogP contribution in [0.4, 0.5) is 11.4 Å². The molecule has 0 heterocycles. The van der Waals surface area contributed by atoms with Crippen LogP contribution in [0.1, 0.15) is 29.5 Å². The Hall–Kier alpha value is -2.33. The highest BCUT2D eigenvalue weighted by Crippen LogP contribution is 2.26. The lowest BCUT2D eigenvalue weighted by Gasteiger charge is -2.22. The molecule has 0 aliphatic rings. The van der Waals surface area contributed by atoms with Gasteiger partial charge >= 0.3 is 0 Å². The number of hydrogen-bond acceptors (Lipinski definition) is 2. The standard InChI is InChI=1S/C20H23ClN2O2/c1-13-11-14(2)20(15(3)12-13)23(4)19(25)10-9-18(24)22-17-8-6-5-7-16(17)21/h5-8,11-12H,9-10H2,1-4H3,(H,22,24). The Morgan fingerprint density at radius 2 is 1.64 bits per heavy atom. The van der Waals surface area contributed by atoms with Crippen molar-refractivity contribution >= 4 is 34.8 Å². The molecule has 0 saturated heterocycles. The van der Waals surface area contributed by atoms with E-state index in [4.69, 9.17) is 11.6 Å². The van der Waals surface area contributed by atoms with Crippen LogP contribution in [0.25, 0.3) is 0 Å². The maximum atomic E-state index is 12.5. The minimum Gasteiger partial charge on any atom is -0.325 e. The molecule has 0 radical (unpaired) electrons. The third-order valence-corrected chi connectivity index (χ3v) is 4.39. The molecule has 2 aromatic carbocycles. The van der Waals surface area contributed by atoms with Crippen molar-refractivity contribution in [2.45, 2.75) is 33.6 Å². The smallest absolute Gasteiger partial charge is 0.227 e. The lowest BCUT2D eigenvalue weighted by atomic mass is 10.0. The lowest BCUT2D eigenvalue weighted by molar-refractivity contribution is -0.122. The van der Waals surface area contributed by atoms with Gasteiger partial charge in [-0.1, -0.05) is 41.4 Å². The highest BCUT2D eigenvalue weighted by atomic mass is 35.5. The first kappa shape index (κ1) is 19.0. The second kappa shape index (κ2) is 8.17. The van der Waals surface area contributed by atoms with Gasteiger partial charge in [-0.05, 0) is 44.0 Å². The van der Waals surface area contributed by atoms with Gasteiger partial charge in [0.05, 0.1) is 10.7 Å². The van der Waals surface area contributed by atoms with Crippen molar-refractivity contribution in [2.75, 3.05) is 17.3 Å². The maximum absolute atomic E-state index is 12.5. The van der Waals surface area contributed by atoms with E-state index in [0.29, 0.717) is 10.7 Å². The first-order valence-corrected chi connectivity index (χ1v) is 8.56. The van der Waals surface area contributed by atoms with E-state index in [1.807, 2.05) is 20.8 Å². The van der Waals surface area contributed by atoms with E-state index in [1.165, 1.54) is 5.56 Å². The molecule has 132 valence electrons. The molecule has 5 heteroatoms. The fourth-order valence-electron chi connectivity index (χ4n) is 2.99. The molecule has 2 amide bonds. The highest BCUT2D eigenvalue weighted by molar-refractivity contribution is 6.33. The van der Waals surface area contributed by atoms with Gasteiger partial charge in [-0.15, -0.1) is 0 Å². The summed E-state index contributed by atoms with van der Waals surface area (Å²) in [5.41, 5.74) is 4.73. The Morgan fingerprint density at radius 1 is 1.04 bits per heavy atom. The van der Waals surface area contributed by atoms with Gasteiger partial charge in [0.25, 0.3) is 0 Å². The zero-order valence-electron chi connectivity index (χ0n) is 15.0. The lowest BCUT2D eigenvalue weighted by Crippen LogP contribution is -2.28. The van der Waals surface area contributed by atoms with Crippen molar-refractivity contribution in [3.63, 3.8) is 0 Å². The SMILES string of the molecule is Cc1cc(C)c(N(C)C(=O)CCC(=O)Nc2ccccc2Cl)c(C)c1. The predicted octanol–water partition coefficient (Wildman–Crippen LogP) is 4.65. The van der Waals surface area contributed by atoms with Gasteiger partial charge in [-0.25, -0.2) is 0 Å². The van der Waals surface area contributed by atoms with Crippen molar-refractivity contribution < 1.29 is 9.59 Å². The van der Waals surface area contributed by atoms with E-state index >= 15 is 0 Å². The van der Waals surface area contributed by atoms with E-state index in [-0.39, 0.29) is 24.7 Å². The fraction of sp³-hybridized carbons (Fsp3) is 0.300. The topological polar surface area (TPSA) is 49.4 Å². The summed E-state index contributed by atoms with van der Waals surface area (Å²) in [5.74, 6) is -0.323. The van der Waals surface area contributed by atoms with Gasteiger partial charge < -0.3 is 10.2 Å². The summed E-state index contributed by atoms with van der Waals surface area (Å²) in [6, 6.07) is 11.1. The molecule has 2 rings (SSSR count). The van der Waals surface area contributed by atoms with Gasteiger partial charge in [-0.3, -0.25) is 9.59 Å². The van der Waals surface area contributed by atoms with E-state index in [2.05, 4.69) is 17.4 Å². The summed E-state index contributed by atoms with van der Waals surface area (Å²) < 4.78 is 0. The van der Waals surface area contributed by atoms with Gasteiger partial charge in [0.15, 0.2) is 0 Å². The zero-order chi connectivity index (χ0) is 18.6. The van der Waals surface area contributed by atoms with Crippen LogP contribution in [0.15, 0.2) is 36.4 Å². The van der Waals surface area contributed by atoms with Gasteiger partial charge in [-0.2, -0.15) is 0 Å². The first-order chi connectivity index (χ1) is 11.8. The maximum Gasteiger partial charge on any atom is 0.227 e. The average Bonchev–Trinajstić information content (AvgIpc) is 2.53. The number of carbonyl (C=O) groups is 2. The predicted molar refractivity (Wildman–Crippen MR) is 103 cm³/mol. The molecular formula is C20H23ClN2O2. The number of nitrogens with zero attached hydrogens (tertiary/aromatic N) is 1. The molecule has 0 spiro atoms. The Morgan fingerprint density at radius 3 is 2.24 bits per heavy atom. The Bertz CT molecular complexity index is 779. The summed E-state index contributed by atoms with van der Waals surface area (Å²) in [6.45, 7) is 6.01.